The Kier molecular flexibility index (Phi) is 4.24. The Bertz CT molecular complexity index is 1210. The topological polar surface area (TPSA) is 119 Å². The molecular formula is C21H20F3N3O5. The van der Waals surface area contributed by atoms with E-state index in [2.05, 4.69) is 0 Å². The molecule has 32 heavy (non-hydrogen) atoms. The lowest BCUT2D eigenvalue weighted by molar-refractivity contribution is -0.171. The number of carbonyl (C=O) groups excluding carboxylic acids is 1. The second-order valence-corrected chi connectivity index (χ2v) is 8.67. The molecule has 2 aliphatic rings. The van der Waals surface area contributed by atoms with Gasteiger partial charge in [-0.2, -0.15) is 18.4 Å². The summed E-state index contributed by atoms with van der Waals surface area (Å²) in [5.41, 5.74) is -7.37. The molecule has 1 fully saturated rings. The highest BCUT2D eigenvalue weighted by atomic mass is 19.4. The first kappa shape index (κ1) is 22.0. The van der Waals surface area contributed by atoms with Gasteiger partial charge < -0.3 is 25.0 Å². The van der Waals surface area contributed by atoms with Crippen molar-refractivity contribution >= 4 is 5.91 Å². The molecule has 0 saturated carbocycles. The van der Waals surface area contributed by atoms with Gasteiger partial charge in [-0.1, -0.05) is 0 Å². The molecule has 0 radical (unpaired) electrons. The predicted molar refractivity (Wildman–Crippen MR) is 103 cm³/mol. The predicted octanol–water partition coefficient (Wildman–Crippen LogP) is 2.46. The van der Waals surface area contributed by atoms with Crippen LogP contribution in [0.25, 0.3) is 5.69 Å². The lowest BCUT2D eigenvalue weighted by atomic mass is 9.69. The first-order valence-corrected chi connectivity index (χ1v) is 9.56. The molecule has 3 N–H and O–H groups in total. The van der Waals surface area contributed by atoms with Crippen LogP contribution in [0.3, 0.4) is 0 Å². The molecule has 170 valence electrons. The van der Waals surface area contributed by atoms with Crippen LogP contribution in [0, 0.1) is 11.3 Å². The van der Waals surface area contributed by atoms with Crippen LogP contribution in [0.5, 0.6) is 11.8 Å². The van der Waals surface area contributed by atoms with Gasteiger partial charge in [-0.25, -0.2) is 0 Å². The monoisotopic (exact) mass is 451 g/mol. The smallest absolute Gasteiger partial charge is 0.417 e. The normalized spacial score (nSPS) is 28.5. The van der Waals surface area contributed by atoms with Crippen molar-refractivity contribution in [1.29, 1.82) is 5.26 Å². The lowest BCUT2D eigenvalue weighted by Crippen LogP contribution is -2.57. The molecule has 0 spiro atoms. The Morgan fingerprint density at radius 2 is 1.81 bits per heavy atom. The Labute approximate surface area is 180 Å². The Morgan fingerprint density at radius 3 is 2.34 bits per heavy atom. The molecule has 1 amide bonds. The number of amides is 1. The van der Waals surface area contributed by atoms with Gasteiger partial charge in [-0.05, 0) is 32.0 Å². The minimum absolute atomic E-state index is 0.0756. The number of aliphatic hydroxyl groups is 1. The highest BCUT2D eigenvalue weighted by Crippen LogP contribution is 2.68. The molecule has 1 aromatic carbocycles. The second kappa shape index (κ2) is 6.17. The number of carbonyl (C=O) groups is 1. The van der Waals surface area contributed by atoms with Gasteiger partial charge in [0, 0.05) is 20.5 Å². The summed E-state index contributed by atoms with van der Waals surface area (Å²) in [5.74, 6) is -1.94. The SMILES string of the molecule is CN(C)C(=O)[C@]1(O)CC2(C)OC1(C)c1c2c(O)n(-c2ccc(C#N)c(C(F)(F)F)c2)c1O. The molecule has 1 saturated heterocycles. The van der Waals surface area contributed by atoms with Gasteiger partial charge in [-0.3, -0.25) is 9.36 Å². The van der Waals surface area contributed by atoms with Crippen LogP contribution in [0.2, 0.25) is 0 Å². The number of aromatic hydroxyl groups is 2. The van der Waals surface area contributed by atoms with Gasteiger partial charge in [-0.15, -0.1) is 0 Å². The molecule has 0 aliphatic carbocycles. The summed E-state index contributed by atoms with van der Waals surface area (Å²) < 4.78 is 47.0. The summed E-state index contributed by atoms with van der Waals surface area (Å²) in [4.78, 5) is 14.0. The third kappa shape index (κ3) is 2.47. The standard InChI is InChI=1S/C21H20F3N3O5/c1-18-9-20(31,17(30)26(3)4)19(2,32-18)14-13(18)15(28)27(16(14)29)11-6-5-10(8-25)12(7-11)21(22,23)24/h5-7,28-29,31H,9H2,1-4H3/t18?,19?,20-/m1/s1. The van der Waals surface area contributed by atoms with Gasteiger partial charge >= 0.3 is 6.18 Å². The first-order chi connectivity index (χ1) is 14.6. The molecule has 3 heterocycles. The number of fused-ring (bicyclic) bond motifs is 5. The number of aromatic nitrogens is 1. The van der Waals surface area contributed by atoms with E-state index < -0.39 is 51.8 Å². The van der Waals surface area contributed by atoms with Crippen LogP contribution in [-0.4, -0.2) is 50.4 Å². The molecule has 2 unspecified atom stereocenters. The van der Waals surface area contributed by atoms with Crippen molar-refractivity contribution in [3.63, 3.8) is 0 Å². The van der Waals surface area contributed by atoms with Crippen molar-refractivity contribution in [2.75, 3.05) is 14.1 Å². The average molecular weight is 451 g/mol. The Balaban J connectivity index is 1.97. The van der Waals surface area contributed by atoms with Crippen molar-refractivity contribution in [2.45, 2.75) is 43.2 Å². The summed E-state index contributed by atoms with van der Waals surface area (Å²) in [6.07, 6.45) is -5.08. The maximum absolute atomic E-state index is 13.4. The van der Waals surface area contributed by atoms with Crippen LogP contribution in [-0.2, 0) is 26.9 Å². The molecule has 1 aromatic heterocycles. The third-order valence-corrected chi connectivity index (χ3v) is 6.39. The van der Waals surface area contributed by atoms with E-state index in [0.29, 0.717) is 6.07 Å². The number of nitrogens with zero attached hydrogens (tertiary/aromatic N) is 3. The summed E-state index contributed by atoms with van der Waals surface area (Å²) in [6, 6.07) is 4.19. The second-order valence-electron chi connectivity index (χ2n) is 8.67. The number of rotatable bonds is 2. The van der Waals surface area contributed by atoms with Gasteiger partial charge in [0.15, 0.2) is 5.60 Å². The molecule has 2 aromatic rings. The Hall–Kier alpha value is -3.23. The highest BCUT2D eigenvalue weighted by Gasteiger charge is 2.74. The largest absolute Gasteiger partial charge is 0.494 e. The van der Waals surface area contributed by atoms with E-state index in [4.69, 9.17) is 10.00 Å². The van der Waals surface area contributed by atoms with Crippen molar-refractivity contribution in [1.82, 2.24) is 9.47 Å². The number of hydrogen-bond donors (Lipinski definition) is 3. The number of benzene rings is 1. The van der Waals surface area contributed by atoms with Crippen LogP contribution >= 0.6 is 0 Å². The maximum atomic E-state index is 13.4. The van der Waals surface area contributed by atoms with E-state index >= 15 is 0 Å². The van der Waals surface area contributed by atoms with E-state index in [1.165, 1.54) is 38.9 Å². The number of likely N-dealkylation sites (N-methyl/N-ethyl adjacent to an activating group) is 1. The zero-order valence-corrected chi connectivity index (χ0v) is 17.6. The fraction of sp³-hybridized carbons (Fsp3) is 0.429. The van der Waals surface area contributed by atoms with Crippen molar-refractivity contribution in [3.05, 3.63) is 40.5 Å². The van der Waals surface area contributed by atoms with Crippen LogP contribution in [0.1, 0.15) is 42.5 Å². The van der Waals surface area contributed by atoms with Gasteiger partial charge in [0.2, 0.25) is 11.8 Å². The minimum Gasteiger partial charge on any atom is -0.494 e. The third-order valence-electron chi connectivity index (χ3n) is 6.39. The van der Waals surface area contributed by atoms with E-state index in [-0.39, 0.29) is 23.2 Å². The number of hydrogen-bond acceptors (Lipinski definition) is 6. The fourth-order valence-electron chi connectivity index (χ4n) is 5.02. The van der Waals surface area contributed by atoms with E-state index in [1.807, 2.05) is 0 Å². The van der Waals surface area contributed by atoms with Crippen LogP contribution in [0.15, 0.2) is 18.2 Å². The Morgan fingerprint density at radius 1 is 1.22 bits per heavy atom. The summed E-state index contributed by atoms with van der Waals surface area (Å²) in [6.45, 7) is 2.90. The fourth-order valence-corrected chi connectivity index (χ4v) is 5.02. The van der Waals surface area contributed by atoms with Gasteiger partial charge in [0.1, 0.15) is 11.2 Å². The van der Waals surface area contributed by atoms with Crippen molar-refractivity contribution < 1.29 is 38.0 Å². The zero-order valence-electron chi connectivity index (χ0n) is 17.6. The van der Waals surface area contributed by atoms with E-state index in [9.17, 15) is 33.3 Å². The van der Waals surface area contributed by atoms with E-state index in [0.717, 1.165) is 16.7 Å². The quantitative estimate of drug-likeness (QED) is 0.646. The minimum atomic E-state index is -4.85. The summed E-state index contributed by atoms with van der Waals surface area (Å²) >= 11 is 0. The van der Waals surface area contributed by atoms with E-state index in [1.54, 1.807) is 0 Å². The molecule has 4 rings (SSSR count). The number of halogens is 3. The summed E-state index contributed by atoms with van der Waals surface area (Å²) in [5, 5.41) is 42.2. The molecule has 2 bridgehead atoms. The number of alkyl halides is 3. The number of nitriles is 1. The van der Waals surface area contributed by atoms with Crippen molar-refractivity contribution in [3.8, 4) is 23.5 Å². The average Bonchev–Trinajstić information content (AvgIpc) is 3.19. The molecule has 2 aliphatic heterocycles. The lowest BCUT2D eigenvalue weighted by Gasteiger charge is -2.38. The summed E-state index contributed by atoms with van der Waals surface area (Å²) in [7, 11) is 2.88. The van der Waals surface area contributed by atoms with Gasteiger partial charge in [0.25, 0.3) is 5.91 Å². The zero-order chi connectivity index (χ0) is 24.0. The molecule has 8 nitrogen and oxygen atoms in total. The highest BCUT2D eigenvalue weighted by molar-refractivity contribution is 5.89. The maximum Gasteiger partial charge on any atom is 0.417 e. The molecular weight excluding hydrogens is 431 g/mol. The molecule has 11 heteroatoms. The number of ether oxygens (including phenoxy) is 1. The van der Waals surface area contributed by atoms with Crippen molar-refractivity contribution in [2.24, 2.45) is 0 Å². The van der Waals surface area contributed by atoms with Crippen LogP contribution < -0.4 is 0 Å². The first-order valence-electron chi connectivity index (χ1n) is 9.56. The van der Waals surface area contributed by atoms with Crippen LogP contribution in [0.4, 0.5) is 13.2 Å². The van der Waals surface area contributed by atoms with Gasteiger partial charge in [0.05, 0.1) is 34.0 Å². The molecule has 3 atom stereocenters.